The number of benzene rings is 3. The van der Waals surface area contributed by atoms with Crippen molar-refractivity contribution in [3.05, 3.63) is 94.0 Å². The van der Waals surface area contributed by atoms with Crippen molar-refractivity contribution in [3.8, 4) is 0 Å². The van der Waals surface area contributed by atoms with Crippen molar-refractivity contribution in [1.29, 1.82) is 0 Å². The Hall–Kier alpha value is -2.53. The van der Waals surface area contributed by atoms with E-state index in [1.165, 1.54) is 0 Å². The minimum absolute atomic E-state index is 0.153. The lowest BCUT2D eigenvalue weighted by Gasteiger charge is -2.14. The van der Waals surface area contributed by atoms with Crippen molar-refractivity contribution < 1.29 is 9.63 Å². The molecule has 4 nitrogen and oxygen atoms in total. The molecule has 3 aromatic carbocycles. The molecule has 0 fully saturated rings. The third kappa shape index (κ3) is 5.47. The number of amides is 1. The van der Waals surface area contributed by atoms with Gasteiger partial charge in [0.2, 0.25) is 5.91 Å². The molecule has 0 atom stereocenters. The number of halogens is 2. The van der Waals surface area contributed by atoms with Gasteiger partial charge in [-0.25, -0.2) is 5.48 Å². The number of nitrogens with one attached hydrogen (secondary N) is 2. The summed E-state index contributed by atoms with van der Waals surface area (Å²) in [7, 11) is 0. The lowest BCUT2D eigenvalue weighted by atomic mass is 10.1. The minimum Gasteiger partial charge on any atom is -0.353 e. The van der Waals surface area contributed by atoms with Gasteiger partial charge in [-0.1, -0.05) is 77.8 Å². The summed E-state index contributed by atoms with van der Waals surface area (Å²) in [6, 6.07) is 22.4. The average Bonchev–Trinajstić information content (AvgIpc) is 2.67. The number of hydrogen-bond donors (Lipinski definition) is 2. The van der Waals surface area contributed by atoms with Crippen molar-refractivity contribution in [3.63, 3.8) is 0 Å². The first-order chi connectivity index (χ1) is 13.1. The van der Waals surface area contributed by atoms with E-state index < -0.39 is 0 Å². The Balaban J connectivity index is 1.63. The molecule has 0 heterocycles. The maximum atomic E-state index is 12.2. The Morgan fingerprint density at radius 1 is 0.852 bits per heavy atom. The third-order valence-electron chi connectivity index (χ3n) is 3.86. The van der Waals surface area contributed by atoms with Crippen molar-refractivity contribution in [2.45, 2.75) is 13.0 Å². The van der Waals surface area contributed by atoms with Gasteiger partial charge in [0.05, 0.1) is 28.8 Å². The van der Waals surface area contributed by atoms with E-state index in [2.05, 4.69) is 10.8 Å². The molecule has 0 spiro atoms. The van der Waals surface area contributed by atoms with E-state index in [9.17, 15) is 4.79 Å². The Morgan fingerprint density at radius 3 is 2.26 bits per heavy atom. The van der Waals surface area contributed by atoms with Gasteiger partial charge >= 0.3 is 0 Å². The number of para-hydroxylation sites is 2. The summed E-state index contributed by atoms with van der Waals surface area (Å²) >= 11 is 12.4. The zero-order chi connectivity index (χ0) is 19.1. The zero-order valence-corrected chi connectivity index (χ0v) is 15.9. The quantitative estimate of drug-likeness (QED) is 0.512. The largest absolute Gasteiger partial charge is 0.353 e. The van der Waals surface area contributed by atoms with E-state index in [1.807, 2.05) is 54.6 Å². The van der Waals surface area contributed by atoms with Crippen LogP contribution in [0.2, 0.25) is 10.0 Å². The smallest absolute Gasteiger partial charge is 0.248 e. The highest BCUT2D eigenvalue weighted by Gasteiger charge is 2.11. The summed E-state index contributed by atoms with van der Waals surface area (Å²) in [6.07, 6.45) is 0.153. The molecule has 0 radical (unpaired) electrons. The van der Waals surface area contributed by atoms with E-state index in [1.54, 1.807) is 18.2 Å². The van der Waals surface area contributed by atoms with Gasteiger partial charge in [0.25, 0.3) is 0 Å². The Bertz CT molecular complexity index is 897. The van der Waals surface area contributed by atoms with Crippen LogP contribution in [0.25, 0.3) is 0 Å². The molecule has 0 saturated heterocycles. The molecule has 3 rings (SSSR count). The first-order valence-corrected chi connectivity index (χ1v) is 9.12. The molecule has 6 heteroatoms. The molecule has 138 valence electrons. The summed E-state index contributed by atoms with van der Waals surface area (Å²) in [5.74, 6) is -0.245. The number of rotatable bonds is 7. The van der Waals surface area contributed by atoms with Crippen molar-refractivity contribution in [1.82, 2.24) is 5.48 Å². The lowest BCUT2D eigenvalue weighted by Crippen LogP contribution is -2.25. The van der Waals surface area contributed by atoms with Gasteiger partial charge in [-0.2, -0.15) is 0 Å². The summed E-state index contributed by atoms with van der Waals surface area (Å²) in [4.78, 5) is 17.5. The van der Waals surface area contributed by atoms with E-state index >= 15 is 0 Å². The molecular formula is C21H18Cl2N2O2. The van der Waals surface area contributed by atoms with Crippen LogP contribution in [0.3, 0.4) is 0 Å². The van der Waals surface area contributed by atoms with Gasteiger partial charge in [-0.3, -0.25) is 9.63 Å². The Kier molecular flexibility index (Phi) is 6.71. The van der Waals surface area contributed by atoms with Crippen LogP contribution in [0.4, 0.5) is 11.4 Å². The van der Waals surface area contributed by atoms with E-state index in [-0.39, 0.29) is 12.3 Å². The highest BCUT2D eigenvalue weighted by Crippen LogP contribution is 2.33. The fraction of sp³-hybridized carbons (Fsp3) is 0.0952. The summed E-state index contributed by atoms with van der Waals surface area (Å²) in [5, 5.41) is 4.23. The zero-order valence-electron chi connectivity index (χ0n) is 14.4. The summed E-state index contributed by atoms with van der Waals surface area (Å²) in [6.45, 7) is 0.307. The van der Waals surface area contributed by atoms with Gasteiger partial charge in [0, 0.05) is 5.69 Å². The van der Waals surface area contributed by atoms with E-state index in [0.29, 0.717) is 22.3 Å². The third-order valence-corrected chi connectivity index (χ3v) is 4.49. The number of carbonyl (C=O) groups excluding carboxylic acids is 1. The van der Waals surface area contributed by atoms with Crippen LogP contribution >= 0.6 is 23.2 Å². The predicted molar refractivity (Wildman–Crippen MR) is 109 cm³/mol. The number of anilines is 2. The fourth-order valence-corrected chi connectivity index (χ4v) is 3.02. The maximum Gasteiger partial charge on any atom is 0.248 e. The van der Waals surface area contributed by atoms with Crippen molar-refractivity contribution in [2.75, 3.05) is 5.32 Å². The van der Waals surface area contributed by atoms with Crippen molar-refractivity contribution >= 4 is 40.5 Å². The van der Waals surface area contributed by atoms with Crippen LogP contribution in [0.5, 0.6) is 0 Å². The van der Waals surface area contributed by atoms with Crippen LogP contribution in [-0.2, 0) is 22.7 Å². The molecule has 0 aliphatic heterocycles. The average molecular weight is 401 g/mol. The number of carbonyl (C=O) groups is 1. The second-order valence-corrected chi connectivity index (χ2v) is 6.67. The van der Waals surface area contributed by atoms with Crippen LogP contribution in [0, 0.1) is 0 Å². The van der Waals surface area contributed by atoms with E-state index in [0.717, 1.165) is 16.8 Å². The highest BCUT2D eigenvalue weighted by molar-refractivity contribution is 6.39. The first kappa shape index (κ1) is 19.2. The van der Waals surface area contributed by atoms with E-state index in [4.69, 9.17) is 28.0 Å². The number of hydroxylamine groups is 1. The second kappa shape index (κ2) is 9.42. The molecule has 0 saturated carbocycles. The monoisotopic (exact) mass is 400 g/mol. The van der Waals surface area contributed by atoms with Gasteiger partial charge in [-0.15, -0.1) is 0 Å². The topological polar surface area (TPSA) is 50.4 Å². The maximum absolute atomic E-state index is 12.2. The second-order valence-electron chi connectivity index (χ2n) is 5.86. The molecular weight excluding hydrogens is 383 g/mol. The molecule has 0 aliphatic rings. The van der Waals surface area contributed by atoms with Gasteiger partial charge in [0.15, 0.2) is 0 Å². The number of hydrogen-bond acceptors (Lipinski definition) is 3. The fourth-order valence-electron chi connectivity index (χ4n) is 2.53. The normalized spacial score (nSPS) is 10.4. The van der Waals surface area contributed by atoms with Gasteiger partial charge in [0.1, 0.15) is 0 Å². The summed E-state index contributed by atoms with van der Waals surface area (Å²) < 4.78 is 0. The molecule has 0 bridgehead atoms. The first-order valence-electron chi connectivity index (χ1n) is 8.37. The van der Waals surface area contributed by atoms with Crippen LogP contribution in [0.1, 0.15) is 11.1 Å². The van der Waals surface area contributed by atoms with Crippen molar-refractivity contribution in [2.24, 2.45) is 0 Å². The standard InChI is InChI=1S/C21H18Cl2N2O2/c22-17-10-6-11-18(23)21(17)24-19-12-5-4-9-16(19)13-20(26)25-27-14-15-7-2-1-3-8-15/h1-12,24H,13-14H2,(H,25,26). The SMILES string of the molecule is O=C(Cc1ccccc1Nc1c(Cl)cccc1Cl)NOCc1ccccc1. The highest BCUT2D eigenvalue weighted by atomic mass is 35.5. The molecule has 27 heavy (non-hydrogen) atoms. The van der Waals surface area contributed by atoms with Gasteiger partial charge < -0.3 is 5.32 Å². The molecule has 3 aromatic rings. The molecule has 2 N–H and O–H groups in total. The minimum atomic E-state index is -0.245. The molecule has 0 aromatic heterocycles. The molecule has 1 amide bonds. The van der Waals surface area contributed by atoms with Crippen LogP contribution in [-0.4, -0.2) is 5.91 Å². The summed E-state index contributed by atoms with van der Waals surface area (Å²) in [5.41, 5.74) is 5.62. The predicted octanol–water partition coefficient (Wildman–Crippen LogP) is 5.53. The van der Waals surface area contributed by atoms with Crippen LogP contribution < -0.4 is 10.8 Å². The molecule has 0 aliphatic carbocycles. The van der Waals surface area contributed by atoms with Crippen LogP contribution in [0.15, 0.2) is 72.8 Å². The lowest BCUT2D eigenvalue weighted by molar-refractivity contribution is -0.133. The Morgan fingerprint density at radius 2 is 1.52 bits per heavy atom. The Labute approximate surface area is 168 Å². The molecule has 0 unspecified atom stereocenters. The van der Waals surface area contributed by atoms with Gasteiger partial charge in [-0.05, 0) is 29.3 Å².